The van der Waals surface area contributed by atoms with Gasteiger partial charge in [-0.1, -0.05) is 56.7 Å². The number of para-hydroxylation sites is 1. The number of allylic oxidation sites excluding steroid dienone is 1. The van der Waals surface area contributed by atoms with Crippen LogP contribution < -0.4 is 10.1 Å². The molecule has 7 heteroatoms. The molecule has 0 saturated heterocycles. The van der Waals surface area contributed by atoms with Crippen LogP contribution in [0.15, 0.2) is 42.1 Å². The summed E-state index contributed by atoms with van der Waals surface area (Å²) in [5.74, 6) is 2.64. The lowest BCUT2D eigenvalue weighted by Crippen LogP contribution is -2.46. The van der Waals surface area contributed by atoms with E-state index in [0.29, 0.717) is 29.4 Å². The molecule has 1 heterocycles. The van der Waals surface area contributed by atoms with Crippen molar-refractivity contribution in [2.75, 3.05) is 7.11 Å². The minimum absolute atomic E-state index is 0.0537. The van der Waals surface area contributed by atoms with Crippen molar-refractivity contribution in [3.05, 3.63) is 36.9 Å². The van der Waals surface area contributed by atoms with Crippen LogP contribution >= 0.6 is 11.8 Å². The van der Waals surface area contributed by atoms with Crippen LogP contribution in [-0.4, -0.2) is 39.1 Å². The fraction of sp³-hybridized carbons (Fsp3) is 0.522. The Morgan fingerprint density at radius 2 is 2.13 bits per heavy atom. The molecule has 1 fully saturated rings. The maximum atomic E-state index is 12.9. The fourth-order valence-electron chi connectivity index (χ4n) is 4.00. The molecule has 1 aliphatic rings. The van der Waals surface area contributed by atoms with Crippen molar-refractivity contribution in [1.82, 2.24) is 20.1 Å². The van der Waals surface area contributed by atoms with Crippen molar-refractivity contribution in [3.63, 3.8) is 0 Å². The number of nitrogens with one attached hydrogen (secondary N) is 1. The van der Waals surface area contributed by atoms with E-state index in [0.717, 1.165) is 17.7 Å². The quantitative estimate of drug-likeness (QED) is 0.493. The topological polar surface area (TPSA) is 69.0 Å². The lowest BCUT2D eigenvalue weighted by Gasteiger charge is -2.35. The van der Waals surface area contributed by atoms with Crippen LogP contribution in [0.3, 0.4) is 0 Å². The summed E-state index contributed by atoms with van der Waals surface area (Å²) in [7, 11) is 1.64. The molecule has 30 heavy (non-hydrogen) atoms. The van der Waals surface area contributed by atoms with Gasteiger partial charge in [0.25, 0.3) is 0 Å². The molecule has 0 radical (unpaired) electrons. The van der Waals surface area contributed by atoms with E-state index in [4.69, 9.17) is 4.74 Å². The predicted octanol–water partition coefficient (Wildman–Crippen LogP) is 4.56. The average Bonchev–Trinajstić information content (AvgIpc) is 3.13. The van der Waals surface area contributed by atoms with Crippen LogP contribution in [-0.2, 0) is 11.3 Å². The third kappa shape index (κ3) is 4.89. The monoisotopic (exact) mass is 428 g/mol. The summed E-state index contributed by atoms with van der Waals surface area (Å²) in [5.41, 5.74) is 0.864. The molecular weight excluding hydrogens is 396 g/mol. The number of hydrogen-bond acceptors (Lipinski definition) is 5. The number of ether oxygens (including phenoxy) is 1. The van der Waals surface area contributed by atoms with Crippen molar-refractivity contribution >= 4 is 17.7 Å². The van der Waals surface area contributed by atoms with E-state index in [1.165, 1.54) is 24.6 Å². The molecule has 2 aromatic rings. The standard InChI is InChI=1S/C23H32N4O2S/c1-6-14-27-21(18-11-7-8-13-20(18)29-5)25-26-23(27)30-17(4)22(28)24-19-12-9-10-15(2)16(19)3/h6-8,11,13,15-17,19H,1,9-10,12,14H2,2-5H3,(H,24,28)/t15-,16+,17-,19+/m1/s1. The zero-order chi connectivity index (χ0) is 21.7. The maximum Gasteiger partial charge on any atom is 0.233 e. The van der Waals surface area contributed by atoms with Gasteiger partial charge < -0.3 is 10.1 Å². The van der Waals surface area contributed by atoms with E-state index < -0.39 is 0 Å². The number of thioether (sulfide) groups is 1. The molecule has 162 valence electrons. The van der Waals surface area contributed by atoms with Crippen LogP contribution in [0.1, 0.15) is 40.0 Å². The smallest absolute Gasteiger partial charge is 0.233 e. The van der Waals surface area contributed by atoms with E-state index in [1.54, 1.807) is 7.11 Å². The van der Waals surface area contributed by atoms with Crippen molar-refractivity contribution in [2.24, 2.45) is 11.8 Å². The van der Waals surface area contributed by atoms with Gasteiger partial charge in [-0.2, -0.15) is 0 Å². The first-order valence-corrected chi connectivity index (χ1v) is 11.5. The number of carbonyl (C=O) groups excluding carboxylic acids is 1. The average molecular weight is 429 g/mol. The second-order valence-electron chi connectivity index (χ2n) is 8.05. The van der Waals surface area contributed by atoms with Gasteiger partial charge in [0.05, 0.1) is 17.9 Å². The van der Waals surface area contributed by atoms with E-state index in [1.807, 2.05) is 41.8 Å². The molecule has 1 amide bonds. The highest BCUT2D eigenvalue weighted by atomic mass is 32.2. The first-order chi connectivity index (χ1) is 14.5. The van der Waals surface area contributed by atoms with Crippen molar-refractivity contribution in [1.29, 1.82) is 0 Å². The van der Waals surface area contributed by atoms with Gasteiger partial charge in [0, 0.05) is 12.6 Å². The summed E-state index contributed by atoms with van der Waals surface area (Å²) < 4.78 is 7.46. The molecule has 3 rings (SSSR count). The maximum absolute atomic E-state index is 12.9. The second-order valence-corrected chi connectivity index (χ2v) is 9.36. The zero-order valence-electron chi connectivity index (χ0n) is 18.3. The summed E-state index contributed by atoms with van der Waals surface area (Å²) >= 11 is 1.43. The number of carbonyl (C=O) groups is 1. The zero-order valence-corrected chi connectivity index (χ0v) is 19.1. The molecule has 6 nitrogen and oxygen atoms in total. The molecule has 0 aliphatic heterocycles. The molecule has 0 spiro atoms. The Bertz CT molecular complexity index is 882. The number of hydrogen-bond donors (Lipinski definition) is 1. The molecule has 1 aromatic heterocycles. The summed E-state index contributed by atoms with van der Waals surface area (Å²) in [6.07, 6.45) is 5.28. The van der Waals surface area contributed by atoms with Crippen LogP contribution in [0.25, 0.3) is 11.4 Å². The third-order valence-electron chi connectivity index (χ3n) is 6.06. The normalized spacial score (nSPS) is 22.3. The Balaban J connectivity index is 1.76. The van der Waals surface area contributed by atoms with Gasteiger partial charge in [0.15, 0.2) is 11.0 Å². The predicted molar refractivity (Wildman–Crippen MR) is 122 cm³/mol. The molecule has 1 aromatic carbocycles. The van der Waals surface area contributed by atoms with Gasteiger partial charge in [-0.05, 0) is 37.3 Å². The molecule has 1 aliphatic carbocycles. The number of nitrogens with zero attached hydrogens (tertiary/aromatic N) is 3. The van der Waals surface area contributed by atoms with Crippen LogP contribution in [0.4, 0.5) is 0 Å². The summed E-state index contributed by atoms with van der Waals surface area (Å²) in [6.45, 7) is 10.9. The van der Waals surface area contributed by atoms with Gasteiger partial charge in [-0.3, -0.25) is 9.36 Å². The molecular formula is C23H32N4O2S. The number of rotatable bonds is 8. The Kier molecular flexibility index (Phi) is 7.58. The lowest BCUT2D eigenvalue weighted by atomic mass is 9.78. The van der Waals surface area contributed by atoms with Gasteiger partial charge in [-0.25, -0.2) is 0 Å². The number of benzene rings is 1. The van der Waals surface area contributed by atoms with Gasteiger partial charge in [0.2, 0.25) is 5.91 Å². The fourth-order valence-corrected chi connectivity index (χ4v) is 4.86. The molecule has 1 saturated carbocycles. The van der Waals surface area contributed by atoms with E-state index in [-0.39, 0.29) is 17.2 Å². The largest absolute Gasteiger partial charge is 0.496 e. The number of amides is 1. The van der Waals surface area contributed by atoms with Crippen LogP contribution in [0, 0.1) is 11.8 Å². The third-order valence-corrected chi connectivity index (χ3v) is 7.14. The first-order valence-electron chi connectivity index (χ1n) is 10.6. The highest BCUT2D eigenvalue weighted by molar-refractivity contribution is 8.00. The Morgan fingerprint density at radius 1 is 1.37 bits per heavy atom. The first kappa shape index (κ1) is 22.4. The Morgan fingerprint density at radius 3 is 2.87 bits per heavy atom. The van der Waals surface area contributed by atoms with E-state index >= 15 is 0 Å². The summed E-state index contributed by atoms with van der Waals surface area (Å²) in [6, 6.07) is 7.97. The number of aromatic nitrogens is 3. The summed E-state index contributed by atoms with van der Waals surface area (Å²) in [4.78, 5) is 12.9. The number of methoxy groups -OCH3 is 1. The van der Waals surface area contributed by atoms with E-state index in [2.05, 4.69) is 35.9 Å². The highest BCUT2D eigenvalue weighted by Crippen LogP contribution is 2.33. The van der Waals surface area contributed by atoms with Gasteiger partial charge >= 0.3 is 0 Å². The van der Waals surface area contributed by atoms with Crippen LogP contribution in [0.2, 0.25) is 0 Å². The van der Waals surface area contributed by atoms with Crippen molar-refractivity contribution < 1.29 is 9.53 Å². The Hall–Kier alpha value is -2.28. The summed E-state index contributed by atoms with van der Waals surface area (Å²) in [5, 5.41) is 12.5. The Labute approximate surface area is 183 Å². The van der Waals surface area contributed by atoms with Gasteiger partial charge in [0.1, 0.15) is 5.75 Å². The molecule has 0 bridgehead atoms. The molecule has 0 unspecified atom stereocenters. The SMILES string of the molecule is C=CCn1c(S[C@H](C)C(=O)N[C@H]2CCC[C@@H](C)[C@@H]2C)nnc1-c1ccccc1OC. The molecule has 4 atom stereocenters. The lowest BCUT2D eigenvalue weighted by molar-refractivity contribution is -0.121. The van der Waals surface area contributed by atoms with Crippen molar-refractivity contribution in [3.8, 4) is 17.1 Å². The van der Waals surface area contributed by atoms with Crippen LogP contribution in [0.5, 0.6) is 5.75 Å². The highest BCUT2D eigenvalue weighted by Gasteiger charge is 2.30. The van der Waals surface area contributed by atoms with E-state index in [9.17, 15) is 4.79 Å². The minimum atomic E-state index is -0.271. The molecule has 1 N–H and O–H groups in total. The second kappa shape index (κ2) is 10.2. The minimum Gasteiger partial charge on any atom is -0.496 e. The van der Waals surface area contributed by atoms with Gasteiger partial charge in [-0.15, -0.1) is 16.8 Å². The van der Waals surface area contributed by atoms with Crippen molar-refractivity contribution in [2.45, 2.75) is 63.0 Å².